The standard InChI is InChI=1S/C16H19N3O3/c1-11-18-15(19-22-11)13-7-5-12(6-8-13)10-17-16(20)14-4-2-3-9-21-14/h5-8,14H,2-4,9-10H2,1H3,(H,17,20)/t14-/m0/s1. The minimum absolute atomic E-state index is 0.0300. The van der Waals surface area contributed by atoms with E-state index in [1.54, 1.807) is 6.92 Å². The number of nitrogens with one attached hydrogen (secondary N) is 1. The molecule has 1 N–H and O–H groups in total. The highest BCUT2D eigenvalue weighted by Gasteiger charge is 2.21. The van der Waals surface area contributed by atoms with Gasteiger partial charge in [-0.25, -0.2) is 0 Å². The molecule has 1 saturated heterocycles. The van der Waals surface area contributed by atoms with E-state index in [4.69, 9.17) is 9.26 Å². The van der Waals surface area contributed by atoms with Crippen molar-refractivity contribution in [3.05, 3.63) is 35.7 Å². The molecule has 22 heavy (non-hydrogen) atoms. The first-order chi connectivity index (χ1) is 10.7. The molecule has 1 atom stereocenters. The first-order valence-corrected chi connectivity index (χ1v) is 7.51. The molecule has 3 rings (SSSR count). The summed E-state index contributed by atoms with van der Waals surface area (Å²) in [4.78, 5) is 16.2. The van der Waals surface area contributed by atoms with Crippen LogP contribution in [0.1, 0.15) is 30.7 Å². The van der Waals surface area contributed by atoms with E-state index in [2.05, 4.69) is 15.5 Å². The first-order valence-electron chi connectivity index (χ1n) is 7.51. The summed E-state index contributed by atoms with van der Waals surface area (Å²) in [7, 11) is 0. The Morgan fingerprint density at radius 2 is 2.14 bits per heavy atom. The summed E-state index contributed by atoms with van der Waals surface area (Å²) in [6, 6.07) is 7.73. The Bertz CT molecular complexity index is 630. The summed E-state index contributed by atoms with van der Waals surface area (Å²) >= 11 is 0. The molecule has 6 nitrogen and oxygen atoms in total. The van der Waals surface area contributed by atoms with E-state index in [-0.39, 0.29) is 12.0 Å². The first kappa shape index (κ1) is 14.7. The predicted octanol–water partition coefficient (Wildman–Crippen LogP) is 2.23. The van der Waals surface area contributed by atoms with Gasteiger partial charge in [-0.3, -0.25) is 4.79 Å². The maximum absolute atomic E-state index is 12.0. The van der Waals surface area contributed by atoms with Crippen LogP contribution in [-0.4, -0.2) is 28.8 Å². The van der Waals surface area contributed by atoms with Gasteiger partial charge in [0.25, 0.3) is 0 Å². The Hall–Kier alpha value is -2.21. The average Bonchev–Trinajstić information content (AvgIpc) is 3.00. The number of ether oxygens (including phenoxy) is 1. The molecule has 2 aromatic rings. The quantitative estimate of drug-likeness (QED) is 0.937. The lowest BCUT2D eigenvalue weighted by Gasteiger charge is -2.21. The van der Waals surface area contributed by atoms with Gasteiger partial charge in [-0.1, -0.05) is 29.4 Å². The number of hydrogen-bond acceptors (Lipinski definition) is 5. The molecule has 116 valence electrons. The molecule has 0 radical (unpaired) electrons. The van der Waals surface area contributed by atoms with Crippen LogP contribution in [0, 0.1) is 6.92 Å². The second-order valence-electron chi connectivity index (χ2n) is 5.41. The normalized spacial score (nSPS) is 18.1. The van der Waals surface area contributed by atoms with Crippen molar-refractivity contribution in [3.8, 4) is 11.4 Å². The Balaban J connectivity index is 1.56. The van der Waals surface area contributed by atoms with E-state index in [0.29, 0.717) is 24.9 Å². The molecule has 0 saturated carbocycles. The number of benzene rings is 1. The maximum Gasteiger partial charge on any atom is 0.249 e. The number of aryl methyl sites for hydroxylation is 1. The smallest absolute Gasteiger partial charge is 0.249 e. The van der Waals surface area contributed by atoms with E-state index < -0.39 is 0 Å². The Morgan fingerprint density at radius 3 is 2.77 bits per heavy atom. The van der Waals surface area contributed by atoms with Crippen LogP contribution in [0.15, 0.2) is 28.8 Å². The van der Waals surface area contributed by atoms with Crippen molar-refractivity contribution in [2.75, 3.05) is 6.61 Å². The summed E-state index contributed by atoms with van der Waals surface area (Å²) in [6.07, 6.45) is 2.61. The molecule has 1 aromatic heterocycles. The topological polar surface area (TPSA) is 77.2 Å². The van der Waals surface area contributed by atoms with Crippen molar-refractivity contribution in [2.45, 2.75) is 38.8 Å². The van der Waals surface area contributed by atoms with Crippen molar-refractivity contribution in [3.63, 3.8) is 0 Å². The summed E-state index contributed by atoms with van der Waals surface area (Å²) in [5, 5.41) is 6.80. The van der Waals surface area contributed by atoms with Crippen LogP contribution in [0.25, 0.3) is 11.4 Å². The fourth-order valence-corrected chi connectivity index (χ4v) is 2.44. The van der Waals surface area contributed by atoms with Crippen molar-refractivity contribution >= 4 is 5.91 Å². The zero-order valence-electron chi connectivity index (χ0n) is 12.5. The third-order valence-electron chi connectivity index (χ3n) is 3.68. The highest BCUT2D eigenvalue weighted by atomic mass is 16.5. The molecule has 1 aliphatic rings. The molecule has 6 heteroatoms. The van der Waals surface area contributed by atoms with Gasteiger partial charge >= 0.3 is 0 Å². The van der Waals surface area contributed by atoms with Gasteiger partial charge in [-0.05, 0) is 24.8 Å². The third-order valence-corrected chi connectivity index (χ3v) is 3.68. The van der Waals surface area contributed by atoms with Gasteiger partial charge < -0.3 is 14.6 Å². The van der Waals surface area contributed by atoms with Crippen molar-refractivity contribution < 1.29 is 14.1 Å². The maximum atomic E-state index is 12.0. The molecule has 0 spiro atoms. The SMILES string of the molecule is Cc1nc(-c2ccc(CNC(=O)[C@@H]3CCCCO3)cc2)no1. The number of hydrogen-bond donors (Lipinski definition) is 1. The van der Waals surface area contributed by atoms with Gasteiger partial charge in [0.05, 0.1) is 0 Å². The Morgan fingerprint density at radius 1 is 1.32 bits per heavy atom. The summed E-state index contributed by atoms with van der Waals surface area (Å²) in [6.45, 7) is 2.93. The average molecular weight is 301 g/mol. The third kappa shape index (κ3) is 3.51. The van der Waals surface area contributed by atoms with Gasteiger partial charge in [0, 0.05) is 25.6 Å². The highest BCUT2D eigenvalue weighted by molar-refractivity contribution is 5.80. The summed E-state index contributed by atoms with van der Waals surface area (Å²) in [5.74, 6) is 1.08. The van der Waals surface area contributed by atoms with Crippen LogP contribution in [-0.2, 0) is 16.1 Å². The van der Waals surface area contributed by atoms with Crippen molar-refractivity contribution in [2.24, 2.45) is 0 Å². The highest BCUT2D eigenvalue weighted by Crippen LogP contribution is 2.17. The van der Waals surface area contributed by atoms with Crippen LogP contribution in [0.2, 0.25) is 0 Å². The molecular weight excluding hydrogens is 282 g/mol. The Kier molecular flexibility index (Phi) is 4.48. The lowest BCUT2D eigenvalue weighted by Crippen LogP contribution is -2.37. The van der Waals surface area contributed by atoms with Gasteiger partial charge in [-0.2, -0.15) is 4.98 Å². The van der Waals surface area contributed by atoms with Gasteiger partial charge in [-0.15, -0.1) is 0 Å². The number of amides is 1. The molecule has 0 unspecified atom stereocenters. The fourth-order valence-electron chi connectivity index (χ4n) is 2.44. The number of nitrogens with zero attached hydrogens (tertiary/aromatic N) is 2. The van der Waals surface area contributed by atoms with Crippen molar-refractivity contribution in [1.82, 2.24) is 15.5 Å². The number of rotatable bonds is 4. The number of carbonyl (C=O) groups excluding carboxylic acids is 1. The molecular formula is C16H19N3O3. The van der Waals surface area contributed by atoms with Crippen LogP contribution in [0.5, 0.6) is 0 Å². The number of aromatic nitrogens is 2. The van der Waals surface area contributed by atoms with Gasteiger partial charge in [0.2, 0.25) is 17.6 Å². The van der Waals surface area contributed by atoms with E-state index >= 15 is 0 Å². The van der Waals surface area contributed by atoms with E-state index in [1.165, 1.54) is 0 Å². The van der Waals surface area contributed by atoms with E-state index in [9.17, 15) is 4.79 Å². The zero-order chi connectivity index (χ0) is 15.4. The lowest BCUT2D eigenvalue weighted by molar-refractivity contribution is -0.135. The molecule has 0 aliphatic carbocycles. The second kappa shape index (κ2) is 6.70. The second-order valence-corrected chi connectivity index (χ2v) is 5.41. The predicted molar refractivity (Wildman–Crippen MR) is 79.9 cm³/mol. The van der Waals surface area contributed by atoms with Crippen LogP contribution >= 0.6 is 0 Å². The molecule has 1 aliphatic heterocycles. The molecule has 1 aromatic carbocycles. The lowest BCUT2D eigenvalue weighted by atomic mass is 10.1. The van der Waals surface area contributed by atoms with Crippen LogP contribution in [0.4, 0.5) is 0 Å². The minimum Gasteiger partial charge on any atom is -0.368 e. The van der Waals surface area contributed by atoms with E-state index in [0.717, 1.165) is 30.4 Å². The fraction of sp³-hybridized carbons (Fsp3) is 0.438. The largest absolute Gasteiger partial charge is 0.368 e. The van der Waals surface area contributed by atoms with Crippen molar-refractivity contribution in [1.29, 1.82) is 0 Å². The Labute approximate surface area is 128 Å². The molecule has 2 heterocycles. The van der Waals surface area contributed by atoms with Crippen LogP contribution < -0.4 is 5.32 Å². The van der Waals surface area contributed by atoms with Gasteiger partial charge in [0.15, 0.2) is 0 Å². The summed E-state index contributed by atoms with van der Waals surface area (Å²) < 4.78 is 10.4. The van der Waals surface area contributed by atoms with E-state index in [1.807, 2.05) is 24.3 Å². The van der Waals surface area contributed by atoms with Gasteiger partial charge in [0.1, 0.15) is 6.10 Å². The molecule has 0 bridgehead atoms. The monoisotopic (exact) mass is 301 g/mol. The van der Waals surface area contributed by atoms with Crippen LogP contribution in [0.3, 0.4) is 0 Å². The minimum atomic E-state index is -0.296. The zero-order valence-corrected chi connectivity index (χ0v) is 12.5. The summed E-state index contributed by atoms with van der Waals surface area (Å²) in [5.41, 5.74) is 1.91. The molecule has 1 fully saturated rings. The number of carbonyl (C=O) groups is 1. The molecule has 1 amide bonds.